The molecule has 0 aromatic heterocycles. The molecule has 0 saturated carbocycles. The van der Waals surface area contributed by atoms with Crippen molar-refractivity contribution in [3.05, 3.63) is 24.3 Å². The highest BCUT2D eigenvalue weighted by Crippen LogP contribution is 2.37. The molecule has 0 saturated heterocycles. The van der Waals surface area contributed by atoms with Crippen molar-refractivity contribution < 1.29 is 22.8 Å². The van der Waals surface area contributed by atoms with E-state index in [0.717, 1.165) is 0 Å². The molecule has 1 aliphatic heterocycles. The number of nitrogens with one attached hydrogen (secondary N) is 2. The molecule has 5 nitrogen and oxygen atoms in total. The molecule has 0 radical (unpaired) electrons. The highest BCUT2D eigenvalue weighted by molar-refractivity contribution is 6.05. The zero-order chi connectivity index (χ0) is 18.8. The highest BCUT2D eigenvalue weighted by atomic mass is 19.4. The Morgan fingerprint density at radius 2 is 1.96 bits per heavy atom. The number of hydrogen-bond donors (Lipinski definition) is 2. The van der Waals surface area contributed by atoms with Crippen LogP contribution in [0.3, 0.4) is 0 Å². The molecule has 2 amide bonds. The van der Waals surface area contributed by atoms with Gasteiger partial charge in [0.2, 0.25) is 11.8 Å². The van der Waals surface area contributed by atoms with Gasteiger partial charge in [-0.05, 0) is 32.4 Å². The average molecular weight is 357 g/mol. The maximum absolute atomic E-state index is 13.5. The first-order valence-corrected chi connectivity index (χ1v) is 8.08. The third-order valence-corrected chi connectivity index (χ3v) is 4.38. The number of carbonyl (C=O) groups excluding carboxylic acids is 2. The molecule has 1 heterocycles. The normalized spacial score (nSPS) is 18.4. The average Bonchev–Trinajstić information content (AvgIpc) is 2.68. The van der Waals surface area contributed by atoms with E-state index in [4.69, 9.17) is 0 Å². The molecule has 138 valence electrons. The molecular formula is C17H22F3N3O2. The topological polar surface area (TPSA) is 61.4 Å². The second-order valence-electron chi connectivity index (χ2n) is 6.68. The molecule has 0 aliphatic carbocycles. The van der Waals surface area contributed by atoms with Gasteiger partial charge < -0.3 is 10.6 Å². The number of anilines is 2. The van der Waals surface area contributed by atoms with E-state index in [-0.39, 0.29) is 23.5 Å². The Hall–Kier alpha value is -2.09. The Balaban J connectivity index is 2.41. The van der Waals surface area contributed by atoms with E-state index in [9.17, 15) is 22.8 Å². The minimum atomic E-state index is -4.72. The standard InChI is InChI=1S/C17H22F3N3O2/c1-4-16(2,3)21-10-15(25)23-12-8-6-5-7-11(12)22-14(24)9-13(23)17(18,19)20/h5-8,13,21H,4,9-10H2,1-3H3,(H,22,24)/t13-/m0/s1. The Morgan fingerprint density at radius 1 is 1.32 bits per heavy atom. The van der Waals surface area contributed by atoms with Crippen molar-refractivity contribution in [1.82, 2.24) is 5.32 Å². The van der Waals surface area contributed by atoms with Gasteiger partial charge in [-0.1, -0.05) is 19.1 Å². The largest absolute Gasteiger partial charge is 0.409 e. The summed E-state index contributed by atoms with van der Waals surface area (Å²) in [4.78, 5) is 25.2. The van der Waals surface area contributed by atoms with Crippen LogP contribution in [0, 0.1) is 0 Å². The monoisotopic (exact) mass is 357 g/mol. The van der Waals surface area contributed by atoms with Crippen molar-refractivity contribution in [3.63, 3.8) is 0 Å². The number of rotatable bonds is 4. The van der Waals surface area contributed by atoms with E-state index in [1.54, 1.807) is 6.07 Å². The van der Waals surface area contributed by atoms with Crippen LogP contribution in [-0.2, 0) is 9.59 Å². The number of fused-ring (bicyclic) bond motifs is 1. The van der Waals surface area contributed by atoms with Crippen LogP contribution in [0.15, 0.2) is 24.3 Å². The third kappa shape index (κ3) is 4.50. The maximum atomic E-state index is 13.5. The number of amides is 2. The molecule has 0 unspecified atom stereocenters. The van der Waals surface area contributed by atoms with Gasteiger partial charge in [0.15, 0.2) is 0 Å². The molecule has 1 aromatic rings. The van der Waals surface area contributed by atoms with Crippen molar-refractivity contribution in [2.75, 3.05) is 16.8 Å². The second kappa shape index (κ2) is 7.03. The fourth-order valence-electron chi connectivity index (χ4n) is 2.52. The van der Waals surface area contributed by atoms with Crippen molar-refractivity contribution in [3.8, 4) is 0 Å². The lowest BCUT2D eigenvalue weighted by atomic mass is 10.0. The van der Waals surface area contributed by atoms with E-state index in [0.29, 0.717) is 11.3 Å². The van der Waals surface area contributed by atoms with Crippen molar-refractivity contribution >= 4 is 23.2 Å². The molecule has 0 fully saturated rings. The zero-order valence-corrected chi connectivity index (χ0v) is 14.4. The summed E-state index contributed by atoms with van der Waals surface area (Å²) in [6.07, 6.45) is -4.84. The van der Waals surface area contributed by atoms with E-state index in [2.05, 4.69) is 10.6 Å². The number of carbonyl (C=O) groups is 2. The van der Waals surface area contributed by atoms with Crippen LogP contribution in [0.2, 0.25) is 0 Å². The van der Waals surface area contributed by atoms with Gasteiger partial charge in [-0.25, -0.2) is 0 Å². The van der Waals surface area contributed by atoms with Crippen LogP contribution in [0.4, 0.5) is 24.5 Å². The SMILES string of the molecule is CCC(C)(C)NCC(=O)N1c2ccccc2NC(=O)C[C@H]1C(F)(F)F. The number of halogens is 3. The van der Waals surface area contributed by atoms with Gasteiger partial charge in [0.05, 0.1) is 24.3 Å². The fraction of sp³-hybridized carbons (Fsp3) is 0.529. The number of nitrogens with zero attached hydrogens (tertiary/aromatic N) is 1. The molecule has 2 N–H and O–H groups in total. The Kier molecular flexibility index (Phi) is 5.41. The van der Waals surface area contributed by atoms with Crippen molar-refractivity contribution in [2.45, 2.75) is 51.4 Å². The highest BCUT2D eigenvalue weighted by Gasteiger charge is 2.48. The quantitative estimate of drug-likeness (QED) is 0.871. The Labute approximate surface area is 144 Å². The number of benzene rings is 1. The zero-order valence-electron chi connectivity index (χ0n) is 14.4. The smallest absolute Gasteiger partial charge is 0.324 e. The predicted octanol–water partition coefficient (Wildman–Crippen LogP) is 3.07. The molecule has 2 rings (SSSR count). The lowest BCUT2D eigenvalue weighted by Gasteiger charge is -2.33. The molecule has 1 aromatic carbocycles. The van der Waals surface area contributed by atoms with Gasteiger partial charge in [0.1, 0.15) is 6.04 Å². The fourth-order valence-corrected chi connectivity index (χ4v) is 2.52. The van der Waals surface area contributed by atoms with Crippen molar-refractivity contribution in [2.24, 2.45) is 0 Å². The molecular weight excluding hydrogens is 335 g/mol. The summed E-state index contributed by atoms with van der Waals surface area (Å²) in [7, 11) is 0. The first kappa shape index (κ1) is 19.2. The summed E-state index contributed by atoms with van der Waals surface area (Å²) < 4.78 is 40.6. The summed E-state index contributed by atoms with van der Waals surface area (Å²) in [6.45, 7) is 5.39. The van der Waals surface area contributed by atoms with Crippen LogP contribution >= 0.6 is 0 Å². The number of hydrogen-bond acceptors (Lipinski definition) is 3. The van der Waals surface area contributed by atoms with Gasteiger partial charge >= 0.3 is 6.18 Å². The molecule has 0 spiro atoms. The first-order chi connectivity index (χ1) is 11.5. The summed E-state index contributed by atoms with van der Waals surface area (Å²) >= 11 is 0. The van der Waals surface area contributed by atoms with Crippen molar-refractivity contribution in [1.29, 1.82) is 0 Å². The predicted molar refractivity (Wildman–Crippen MR) is 89.4 cm³/mol. The maximum Gasteiger partial charge on any atom is 0.409 e. The molecule has 0 bridgehead atoms. The van der Waals surface area contributed by atoms with Gasteiger partial charge in [-0.15, -0.1) is 0 Å². The van der Waals surface area contributed by atoms with Gasteiger partial charge in [-0.3, -0.25) is 14.5 Å². The van der Waals surface area contributed by atoms with E-state index in [1.165, 1.54) is 18.2 Å². The molecule has 1 aliphatic rings. The summed E-state index contributed by atoms with van der Waals surface area (Å²) in [5.74, 6) is -1.50. The van der Waals surface area contributed by atoms with Crippen LogP contribution in [0.25, 0.3) is 0 Å². The third-order valence-electron chi connectivity index (χ3n) is 4.38. The van der Waals surface area contributed by atoms with E-state index >= 15 is 0 Å². The minimum absolute atomic E-state index is 0.0526. The van der Waals surface area contributed by atoms with E-state index in [1.807, 2.05) is 20.8 Å². The second-order valence-corrected chi connectivity index (χ2v) is 6.68. The van der Waals surface area contributed by atoms with Gasteiger partial charge in [0.25, 0.3) is 0 Å². The van der Waals surface area contributed by atoms with Crippen LogP contribution in [-0.4, -0.2) is 36.1 Å². The van der Waals surface area contributed by atoms with Crippen LogP contribution < -0.4 is 15.5 Å². The van der Waals surface area contributed by atoms with E-state index < -0.39 is 30.5 Å². The van der Waals surface area contributed by atoms with Crippen LogP contribution in [0.5, 0.6) is 0 Å². The summed E-state index contributed by atoms with van der Waals surface area (Å²) in [5, 5.41) is 5.42. The summed E-state index contributed by atoms with van der Waals surface area (Å²) in [5.41, 5.74) is -0.137. The molecule has 1 atom stereocenters. The Bertz CT molecular complexity index is 659. The van der Waals surface area contributed by atoms with Gasteiger partial charge in [0, 0.05) is 5.54 Å². The first-order valence-electron chi connectivity index (χ1n) is 8.08. The minimum Gasteiger partial charge on any atom is -0.324 e. The lowest BCUT2D eigenvalue weighted by molar-refractivity contribution is -0.157. The number of para-hydroxylation sites is 2. The molecule has 25 heavy (non-hydrogen) atoms. The van der Waals surface area contributed by atoms with Crippen LogP contribution in [0.1, 0.15) is 33.6 Å². The number of alkyl halides is 3. The Morgan fingerprint density at radius 3 is 2.56 bits per heavy atom. The van der Waals surface area contributed by atoms with Gasteiger partial charge in [-0.2, -0.15) is 13.2 Å². The summed E-state index contributed by atoms with van der Waals surface area (Å²) in [6, 6.07) is 3.81. The molecule has 8 heteroatoms. The lowest BCUT2D eigenvalue weighted by Crippen LogP contribution is -2.54.